The molecule has 0 radical (unpaired) electrons. The zero-order valence-corrected chi connectivity index (χ0v) is 16.4. The normalized spacial score (nSPS) is 13.2. The van der Waals surface area contributed by atoms with Crippen LogP contribution in [0.1, 0.15) is 91.4 Å². The van der Waals surface area contributed by atoms with Gasteiger partial charge in [-0.25, -0.2) is 4.79 Å². The highest BCUT2D eigenvalue weighted by Crippen LogP contribution is 2.20. The molecule has 0 fully saturated rings. The van der Waals surface area contributed by atoms with E-state index in [0.29, 0.717) is 11.4 Å². The summed E-state index contributed by atoms with van der Waals surface area (Å²) in [6, 6.07) is 0. The summed E-state index contributed by atoms with van der Waals surface area (Å²) in [6.45, 7) is 6.55. The molecule has 0 rings (SSSR count). The number of alkyl halides is 1. The Labute approximate surface area is 146 Å². The summed E-state index contributed by atoms with van der Waals surface area (Å²) in [5.74, 6) is -0.214. The molecular weight excluding hydrogens is 340 g/mol. The molecule has 3 heteroatoms. The first-order valence-electron chi connectivity index (χ1n) is 9.08. The molecule has 0 aliphatic rings. The van der Waals surface area contributed by atoms with Gasteiger partial charge in [0.05, 0.1) is 6.61 Å². The van der Waals surface area contributed by atoms with Crippen molar-refractivity contribution in [3.63, 3.8) is 0 Å². The number of carbonyl (C=O) groups is 1. The van der Waals surface area contributed by atoms with Gasteiger partial charge < -0.3 is 4.74 Å². The third kappa shape index (κ3) is 14.6. The lowest BCUT2D eigenvalue weighted by molar-refractivity contribution is -0.137. The molecule has 0 saturated heterocycles. The fourth-order valence-corrected chi connectivity index (χ4v) is 3.04. The molecule has 0 N–H and O–H groups in total. The van der Waals surface area contributed by atoms with E-state index in [1.165, 1.54) is 57.8 Å². The first kappa shape index (κ1) is 21.7. The molecule has 22 heavy (non-hydrogen) atoms. The van der Waals surface area contributed by atoms with Gasteiger partial charge in [-0.05, 0) is 33.1 Å². The van der Waals surface area contributed by atoms with E-state index in [4.69, 9.17) is 4.74 Å². The van der Waals surface area contributed by atoms with Crippen molar-refractivity contribution in [1.82, 2.24) is 0 Å². The van der Waals surface area contributed by atoms with E-state index >= 15 is 0 Å². The van der Waals surface area contributed by atoms with Gasteiger partial charge in [0, 0.05) is 10.9 Å². The maximum atomic E-state index is 11.3. The van der Waals surface area contributed by atoms with E-state index in [1.54, 1.807) is 6.08 Å². The quantitative estimate of drug-likeness (QED) is 0.149. The SMILES string of the molecule is CCCCCCCCCCC(Br)CCC(C)=CC(=O)OCC. The maximum absolute atomic E-state index is 11.3. The summed E-state index contributed by atoms with van der Waals surface area (Å²) in [7, 11) is 0. The number of esters is 1. The molecule has 0 aliphatic carbocycles. The van der Waals surface area contributed by atoms with E-state index in [-0.39, 0.29) is 5.97 Å². The molecule has 0 spiro atoms. The van der Waals surface area contributed by atoms with Crippen molar-refractivity contribution in [2.75, 3.05) is 6.61 Å². The van der Waals surface area contributed by atoms with Crippen molar-refractivity contribution in [1.29, 1.82) is 0 Å². The molecular formula is C19H35BrO2. The van der Waals surface area contributed by atoms with Crippen LogP contribution in [0.25, 0.3) is 0 Å². The zero-order chi connectivity index (χ0) is 16.6. The van der Waals surface area contributed by atoms with E-state index in [1.807, 2.05) is 13.8 Å². The van der Waals surface area contributed by atoms with Gasteiger partial charge in [0.1, 0.15) is 0 Å². The van der Waals surface area contributed by atoms with Crippen molar-refractivity contribution in [3.8, 4) is 0 Å². The lowest BCUT2D eigenvalue weighted by Gasteiger charge is -2.10. The predicted octanol–water partition coefficient (Wildman–Crippen LogP) is 6.57. The molecule has 0 amide bonds. The van der Waals surface area contributed by atoms with E-state index in [0.717, 1.165) is 18.4 Å². The Kier molecular flexibility index (Phi) is 15.4. The van der Waals surface area contributed by atoms with Gasteiger partial charge >= 0.3 is 5.97 Å². The van der Waals surface area contributed by atoms with Crippen LogP contribution < -0.4 is 0 Å². The van der Waals surface area contributed by atoms with E-state index < -0.39 is 0 Å². The van der Waals surface area contributed by atoms with Gasteiger partial charge in [0.25, 0.3) is 0 Å². The minimum absolute atomic E-state index is 0.214. The van der Waals surface area contributed by atoms with Gasteiger partial charge in [-0.2, -0.15) is 0 Å². The topological polar surface area (TPSA) is 26.3 Å². The molecule has 1 unspecified atom stereocenters. The molecule has 1 atom stereocenters. The Morgan fingerprint density at radius 1 is 1.00 bits per heavy atom. The van der Waals surface area contributed by atoms with Crippen LogP contribution in [0.5, 0.6) is 0 Å². The Morgan fingerprint density at radius 2 is 1.59 bits per heavy atom. The van der Waals surface area contributed by atoms with Gasteiger partial charge in [0.2, 0.25) is 0 Å². The second-order valence-electron chi connectivity index (χ2n) is 6.14. The number of hydrogen-bond acceptors (Lipinski definition) is 2. The summed E-state index contributed by atoms with van der Waals surface area (Å²) >= 11 is 3.76. The standard InChI is InChI=1S/C19H35BrO2/c1-4-6-7-8-9-10-11-12-13-18(20)15-14-17(3)16-19(21)22-5-2/h16,18H,4-15H2,1-3H3. The summed E-state index contributed by atoms with van der Waals surface area (Å²) in [5.41, 5.74) is 1.11. The minimum atomic E-state index is -0.214. The van der Waals surface area contributed by atoms with Crippen molar-refractivity contribution in [2.45, 2.75) is 96.2 Å². The summed E-state index contributed by atoms with van der Waals surface area (Å²) in [6.07, 6.45) is 15.9. The van der Waals surface area contributed by atoms with Gasteiger partial charge in [-0.15, -0.1) is 0 Å². The van der Waals surface area contributed by atoms with Crippen LogP contribution in [0.3, 0.4) is 0 Å². The largest absolute Gasteiger partial charge is 0.463 e. The fraction of sp³-hybridized carbons (Fsp3) is 0.842. The van der Waals surface area contributed by atoms with Crippen LogP contribution in [0.2, 0.25) is 0 Å². The average molecular weight is 375 g/mol. The highest BCUT2D eigenvalue weighted by Gasteiger charge is 2.05. The smallest absolute Gasteiger partial charge is 0.330 e. The Hall–Kier alpha value is -0.310. The van der Waals surface area contributed by atoms with E-state index in [9.17, 15) is 4.79 Å². The molecule has 0 saturated carbocycles. The summed E-state index contributed by atoms with van der Waals surface area (Å²) in [5, 5.41) is 0. The lowest BCUT2D eigenvalue weighted by Crippen LogP contribution is -2.02. The van der Waals surface area contributed by atoms with E-state index in [2.05, 4.69) is 22.9 Å². The summed E-state index contributed by atoms with van der Waals surface area (Å²) in [4.78, 5) is 11.9. The second kappa shape index (κ2) is 15.6. The van der Waals surface area contributed by atoms with Crippen LogP contribution in [0, 0.1) is 0 Å². The Balaban J connectivity index is 3.53. The highest BCUT2D eigenvalue weighted by atomic mass is 79.9. The zero-order valence-electron chi connectivity index (χ0n) is 14.8. The van der Waals surface area contributed by atoms with Crippen molar-refractivity contribution >= 4 is 21.9 Å². The van der Waals surface area contributed by atoms with Crippen LogP contribution >= 0.6 is 15.9 Å². The number of ether oxygens (including phenoxy) is 1. The number of unbranched alkanes of at least 4 members (excludes halogenated alkanes) is 7. The first-order chi connectivity index (χ1) is 10.6. The first-order valence-corrected chi connectivity index (χ1v) is 9.99. The van der Waals surface area contributed by atoms with Crippen molar-refractivity contribution in [2.24, 2.45) is 0 Å². The number of rotatable bonds is 14. The molecule has 130 valence electrons. The molecule has 0 heterocycles. The minimum Gasteiger partial charge on any atom is -0.463 e. The molecule has 0 aromatic heterocycles. The third-order valence-electron chi connectivity index (χ3n) is 3.87. The molecule has 0 bridgehead atoms. The number of allylic oxidation sites excluding steroid dienone is 1. The fourth-order valence-electron chi connectivity index (χ4n) is 2.49. The van der Waals surface area contributed by atoms with Crippen LogP contribution in [-0.4, -0.2) is 17.4 Å². The Bertz CT molecular complexity index is 300. The molecule has 0 aromatic rings. The third-order valence-corrected chi connectivity index (χ3v) is 4.79. The highest BCUT2D eigenvalue weighted by molar-refractivity contribution is 9.09. The van der Waals surface area contributed by atoms with Gasteiger partial charge in [-0.1, -0.05) is 79.8 Å². The van der Waals surface area contributed by atoms with Gasteiger partial charge in [0.15, 0.2) is 0 Å². The van der Waals surface area contributed by atoms with Crippen molar-refractivity contribution < 1.29 is 9.53 Å². The number of halogens is 1. The number of carbonyl (C=O) groups excluding carboxylic acids is 1. The van der Waals surface area contributed by atoms with Crippen LogP contribution in [-0.2, 0) is 9.53 Å². The van der Waals surface area contributed by atoms with Crippen LogP contribution in [0.4, 0.5) is 0 Å². The monoisotopic (exact) mass is 374 g/mol. The average Bonchev–Trinajstić information content (AvgIpc) is 2.48. The number of hydrogen-bond donors (Lipinski definition) is 0. The maximum Gasteiger partial charge on any atom is 0.330 e. The van der Waals surface area contributed by atoms with Crippen LogP contribution in [0.15, 0.2) is 11.6 Å². The lowest BCUT2D eigenvalue weighted by atomic mass is 10.0. The molecule has 2 nitrogen and oxygen atoms in total. The predicted molar refractivity (Wildman–Crippen MR) is 99.6 cm³/mol. The second-order valence-corrected chi connectivity index (χ2v) is 7.44. The molecule has 0 aliphatic heterocycles. The Morgan fingerprint density at radius 3 is 2.18 bits per heavy atom. The summed E-state index contributed by atoms with van der Waals surface area (Å²) < 4.78 is 4.92. The molecule has 0 aromatic carbocycles. The van der Waals surface area contributed by atoms with Crippen molar-refractivity contribution in [3.05, 3.63) is 11.6 Å². The van der Waals surface area contributed by atoms with Gasteiger partial charge in [-0.3, -0.25) is 0 Å².